The summed E-state index contributed by atoms with van der Waals surface area (Å²) in [6, 6.07) is 7.34. The van der Waals surface area contributed by atoms with Gasteiger partial charge in [0, 0.05) is 53.8 Å². The van der Waals surface area contributed by atoms with Gasteiger partial charge in [0.1, 0.15) is 28.7 Å². The van der Waals surface area contributed by atoms with E-state index in [0.29, 0.717) is 17.3 Å². The van der Waals surface area contributed by atoms with Crippen LogP contribution >= 0.6 is 0 Å². The molecular weight excluding hydrogens is 542 g/mol. The number of aromatic nitrogens is 3. The molecule has 7 nitrogen and oxygen atoms in total. The Bertz CT molecular complexity index is 1910. The molecule has 5 aromatic rings. The van der Waals surface area contributed by atoms with Crippen molar-refractivity contribution < 1.29 is 31.8 Å². The molecule has 0 saturated carbocycles. The van der Waals surface area contributed by atoms with Crippen molar-refractivity contribution in [1.82, 2.24) is 15.0 Å². The van der Waals surface area contributed by atoms with Crippen LogP contribution in [-0.2, 0) is 6.42 Å². The van der Waals surface area contributed by atoms with Crippen LogP contribution in [0.1, 0.15) is 27.3 Å². The van der Waals surface area contributed by atoms with Crippen LogP contribution in [0.3, 0.4) is 0 Å². The maximum absolute atomic E-state index is 15.1. The highest BCUT2D eigenvalue weighted by molar-refractivity contribution is 5.99. The molecule has 0 aliphatic rings. The molecule has 0 bridgehead atoms. The fourth-order valence-electron chi connectivity index (χ4n) is 4.57. The summed E-state index contributed by atoms with van der Waals surface area (Å²) in [6.07, 6.45) is 2.17. The number of methoxy groups -OCH3 is 1. The number of carbonyl (C=O) groups excluding carboxylic acids is 1. The quantitative estimate of drug-likeness (QED) is 0.182. The molecule has 208 valence electrons. The first-order chi connectivity index (χ1) is 19.6. The highest BCUT2D eigenvalue weighted by Crippen LogP contribution is 2.32. The van der Waals surface area contributed by atoms with Gasteiger partial charge in [0.2, 0.25) is 5.43 Å². The predicted molar refractivity (Wildman–Crippen MR) is 142 cm³/mol. The maximum Gasteiger partial charge on any atom is 0.200 e. The number of aryl methyl sites for hydroxylation is 2. The molecule has 0 radical (unpaired) electrons. The number of Topliss-reactive ketones (excluding diaryl/α,β-unsaturated/α-hetero) is 1. The topological polar surface area (TPSA) is 94.2 Å². The third-order valence-electron chi connectivity index (χ3n) is 6.48. The highest BCUT2D eigenvalue weighted by atomic mass is 19.1. The molecule has 3 heterocycles. The van der Waals surface area contributed by atoms with Crippen LogP contribution in [0.4, 0.5) is 17.6 Å². The number of nitrogens with zero attached hydrogens (tertiary/aromatic N) is 2. The molecule has 3 aromatic heterocycles. The van der Waals surface area contributed by atoms with Crippen molar-refractivity contribution in [3.8, 4) is 28.4 Å². The number of fused-ring (bicyclic) bond motifs is 1. The van der Waals surface area contributed by atoms with Gasteiger partial charge >= 0.3 is 0 Å². The van der Waals surface area contributed by atoms with Gasteiger partial charge in [-0.05, 0) is 37.6 Å². The van der Waals surface area contributed by atoms with Gasteiger partial charge in [0.05, 0.1) is 30.0 Å². The summed E-state index contributed by atoms with van der Waals surface area (Å²) in [4.78, 5) is 37.8. The van der Waals surface area contributed by atoms with E-state index in [-0.39, 0.29) is 44.9 Å². The van der Waals surface area contributed by atoms with Crippen molar-refractivity contribution in [2.75, 3.05) is 7.11 Å². The summed E-state index contributed by atoms with van der Waals surface area (Å²) >= 11 is 0. The Morgan fingerprint density at radius 1 is 0.902 bits per heavy atom. The average Bonchev–Trinajstić information content (AvgIpc) is 2.92. The summed E-state index contributed by atoms with van der Waals surface area (Å²) in [7, 11) is 1.47. The third-order valence-corrected chi connectivity index (χ3v) is 6.48. The van der Waals surface area contributed by atoms with E-state index in [1.54, 1.807) is 6.07 Å². The number of halogens is 4. The Morgan fingerprint density at radius 3 is 2.41 bits per heavy atom. The lowest BCUT2D eigenvalue weighted by atomic mass is 9.95. The molecule has 0 aliphatic heterocycles. The number of benzene rings is 2. The average molecular weight is 564 g/mol. The highest BCUT2D eigenvalue weighted by Gasteiger charge is 2.24. The zero-order valence-electron chi connectivity index (χ0n) is 21.9. The monoisotopic (exact) mass is 563 g/mol. The van der Waals surface area contributed by atoms with Gasteiger partial charge in [-0.3, -0.25) is 14.6 Å². The second-order valence-corrected chi connectivity index (χ2v) is 9.21. The summed E-state index contributed by atoms with van der Waals surface area (Å²) < 4.78 is 68.8. The summed E-state index contributed by atoms with van der Waals surface area (Å²) in [5.41, 5.74) is -0.738. The lowest BCUT2D eigenvalue weighted by Gasteiger charge is -2.13. The SMILES string of the molecule is COc1cnc2c(Oc3cc(F)c(CC(=O)c4c(C)[nH]c(C)c(-c5ccc(F)cc5F)c4=O)cc3F)ccnc2c1. The van der Waals surface area contributed by atoms with Crippen molar-refractivity contribution >= 4 is 16.8 Å². The molecule has 11 heteroatoms. The Balaban J connectivity index is 1.46. The molecular formula is C30H21F4N3O4. The van der Waals surface area contributed by atoms with E-state index in [9.17, 15) is 18.4 Å². The largest absolute Gasteiger partial charge is 0.495 e. The number of nitrogens with one attached hydrogen (secondary N) is 1. The van der Waals surface area contributed by atoms with Crippen molar-refractivity contribution in [2.45, 2.75) is 20.3 Å². The first-order valence-corrected chi connectivity index (χ1v) is 12.2. The number of H-pyrrole nitrogens is 1. The number of pyridine rings is 3. The van der Waals surface area contributed by atoms with Crippen molar-refractivity contribution in [3.05, 3.63) is 111 Å². The molecule has 0 spiro atoms. The minimum Gasteiger partial charge on any atom is -0.495 e. The first kappa shape index (κ1) is 27.5. The Labute approximate surface area is 230 Å². The van der Waals surface area contributed by atoms with E-state index in [1.807, 2.05) is 0 Å². The van der Waals surface area contributed by atoms with Crippen LogP contribution in [0.2, 0.25) is 0 Å². The molecule has 0 unspecified atom stereocenters. The van der Waals surface area contributed by atoms with E-state index in [0.717, 1.165) is 24.3 Å². The number of carbonyl (C=O) groups is 1. The molecule has 5 rings (SSSR count). The van der Waals surface area contributed by atoms with Crippen LogP contribution < -0.4 is 14.9 Å². The number of hydrogen-bond acceptors (Lipinski definition) is 6. The summed E-state index contributed by atoms with van der Waals surface area (Å²) in [5, 5.41) is 0. The zero-order chi connectivity index (χ0) is 29.4. The Kier molecular flexibility index (Phi) is 7.27. The Hall–Kier alpha value is -5.06. The van der Waals surface area contributed by atoms with Crippen molar-refractivity contribution in [3.63, 3.8) is 0 Å². The van der Waals surface area contributed by atoms with Gasteiger partial charge in [-0.15, -0.1) is 0 Å². The van der Waals surface area contributed by atoms with Gasteiger partial charge < -0.3 is 14.5 Å². The van der Waals surface area contributed by atoms with Gasteiger partial charge in [0.15, 0.2) is 23.1 Å². The standard InChI is InChI=1S/C30H21F4N3O4/c1-14-27(19-5-4-17(31)10-21(19)33)30(39)28(15(2)37-14)24(38)9-16-8-22(34)26(12-20(16)32)41-25-6-7-35-23-11-18(40-3)13-36-29(23)25/h4-8,10-13H,9H2,1-3H3,(H,37,39). The number of hydrogen-bond donors (Lipinski definition) is 1. The molecule has 0 amide bonds. The molecule has 0 atom stereocenters. The van der Waals surface area contributed by atoms with Crippen molar-refractivity contribution in [1.29, 1.82) is 0 Å². The lowest BCUT2D eigenvalue weighted by molar-refractivity contribution is 0.0989. The van der Waals surface area contributed by atoms with Crippen LogP contribution in [-0.4, -0.2) is 27.8 Å². The first-order valence-electron chi connectivity index (χ1n) is 12.2. The second kappa shape index (κ2) is 10.8. The van der Waals surface area contributed by atoms with Gasteiger partial charge in [-0.25, -0.2) is 22.5 Å². The molecule has 0 aliphatic carbocycles. The third kappa shape index (κ3) is 5.25. The number of ether oxygens (including phenoxy) is 2. The normalized spacial score (nSPS) is 11.1. The van der Waals surface area contributed by atoms with E-state index >= 15 is 8.78 Å². The lowest BCUT2D eigenvalue weighted by Crippen LogP contribution is -2.23. The molecule has 0 fully saturated rings. The van der Waals surface area contributed by atoms with Crippen LogP contribution in [0.5, 0.6) is 17.2 Å². The molecule has 1 N–H and O–H groups in total. The second-order valence-electron chi connectivity index (χ2n) is 9.21. The smallest absolute Gasteiger partial charge is 0.200 e. The van der Waals surface area contributed by atoms with Gasteiger partial charge in [-0.2, -0.15) is 0 Å². The zero-order valence-corrected chi connectivity index (χ0v) is 21.9. The van der Waals surface area contributed by atoms with Gasteiger partial charge in [-0.1, -0.05) is 0 Å². The minimum absolute atomic E-state index is 0.113. The van der Waals surface area contributed by atoms with E-state index < -0.39 is 46.7 Å². The summed E-state index contributed by atoms with van der Waals surface area (Å²) in [6.45, 7) is 2.97. The number of ketones is 1. The number of aromatic amines is 1. The van der Waals surface area contributed by atoms with Gasteiger partial charge in [0.25, 0.3) is 0 Å². The Morgan fingerprint density at radius 2 is 1.68 bits per heavy atom. The number of rotatable bonds is 7. The molecule has 41 heavy (non-hydrogen) atoms. The summed E-state index contributed by atoms with van der Waals surface area (Å²) in [5.74, 6) is -4.44. The maximum atomic E-state index is 15.1. The van der Waals surface area contributed by atoms with E-state index in [4.69, 9.17) is 9.47 Å². The van der Waals surface area contributed by atoms with Crippen LogP contribution in [0.25, 0.3) is 22.2 Å². The van der Waals surface area contributed by atoms with Crippen LogP contribution in [0.15, 0.2) is 59.7 Å². The predicted octanol–water partition coefficient (Wildman–Crippen LogP) is 6.38. The fraction of sp³-hybridized carbons (Fsp3) is 0.133. The minimum atomic E-state index is -0.985. The fourth-order valence-corrected chi connectivity index (χ4v) is 4.57. The van der Waals surface area contributed by atoms with Crippen molar-refractivity contribution in [2.24, 2.45) is 0 Å². The molecule has 0 saturated heterocycles. The molecule has 2 aromatic carbocycles. The van der Waals surface area contributed by atoms with E-state index in [1.165, 1.54) is 39.4 Å². The van der Waals surface area contributed by atoms with E-state index in [2.05, 4.69) is 15.0 Å². The van der Waals surface area contributed by atoms with Crippen LogP contribution in [0, 0.1) is 37.1 Å².